The maximum Gasteiger partial charge on any atom is 0.295 e. The molecule has 0 spiro atoms. The molecule has 0 radical (unpaired) electrons. The number of carbonyl (C=O) groups excluding carboxylic acids is 1. The lowest BCUT2D eigenvalue weighted by atomic mass is 9.96. The van der Waals surface area contributed by atoms with Crippen LogP contribution in [0.15, 0.2) is 53.6 Å². The van der Waals surface area contributed by atoms with Crippen molar-refractivity contribution in [3.05, 3.63) is 60.8 Å². The highest BCUT2D eigenvalue weighted by Crippen LogP contribution is 2.35. The topological polar surface area (TPSA) is 131 Å². The van der Waals surface area contributed by atoms with E-state index in [1.807, 2.05) is 28.8 Å². The van der Waals surface area contributed by atoms with Crippen molar-refractivity contribution in [3.8, 4) is 11.4 Å². The van der Waals surface area contributed by atoms with E-state index < -0.39 is 0 Å². The predicted octanol–water partition coefficient (Wildman–Crippen LogP) is 2.86. The third-order valence-electron chi connectivity index (χ3n) is 6.10. The molecule has 0 unspecified atom stereocenters. The number of imidazole rings is 1. The van der Waals surface area contributed by atoms with Crippen molar-refractivity contribution in [1.82, 2.24) is 34.4 Å². The molecule has 5 aromatic rings. The number of nitrogens with zero attached hydrogens (tertiary/aromatic N) is 6. The number of fused-ring (bicyclic) bond motifs is 2. The SMILES string of the molecule is Nc1nccn2c(C3CCN(C(=O)c4ncon4)CC3)nc(-c3cc4ccccc4[nH]3)c12. The number of aromatic amines is 1. The number of anilines is 1. The number of aromatic nitrogens is 6. The molecule has 5 heterocycles. The van der Waals surface area contributed by atoms with Crippen LogP contribution in [0.5, 0.6) is 0 Å². The minimum atomic E-state index is -0.211. The molecule has 1 aliphatic heterocycles. The number of rotatable bonds is 3. The molecule has 3 N–H and O–H groups in total. The first-order chi connectivity index (χ1) is 15.7. The van der Waals surface area contributed by atoms with Crippen molar-refractivity contribution in [1.29, 1.82) is 0 Å². The van der Waals surface area contributed by atoms with E-state index in [9.17, 15) is 4.79 Å². The monoisotopic (exact) mass is 428 g/mol. The third kappa shape index (κ3) is 2.91. The van der Waals surface area contributed by atoms with E-state index >= 15 is 0 Å². The van der Waals surface area contributed by atoms with Crippen LogP contribution in [0, 0.1) is 0 Å². The van der Waals surface area contributed by atoms with Gasteiger partial charge in [-0.1, -0.05) is 23.4 Å². The minimum Gasteiger partial charge on any atom is -0.382 e. The Hall–Kier alpha value is -4.21. The van der Waals surface area contributed by atoms with E-state index in [-0.39, 0.29) is 17.6 Å². The van der Waals surface area contributed by atoms with Crippen molar-refractivity contribution in [2.24, 2.45) is 0 Å². The Morgan fingerprint density at radius 3 is 2.81 bits per heavy atom. The Morgan fingerprint density at radius 2 is 2.03 bits per heavy atom. The molecule has 1 aromatic carbocycles. The molecule has 10 nitrogen and oxygen atoms in total. The van der Waals surface area contributed by atoms with Crippen LogP contribution in [-0.4, -0.2) is 53.4 Å². The van der Waals surface area contributed by atoms with Gasteiger partial charge in [-0.3, -0.25) is 9.20 Å². The van der Waals surface area contributed by atoms with Crippen LogP contribution >= 0.6 is 0 Å². The van der Waals surface area contributed by atoms with E-state index in [0.29, 0.717) is 18.9 Å². The maximum absolute atomic E-state index is 12.5. The van der Waals surface area contributed by atoms with E-state index in [2.05, 4.69) is 32.2 Å². The first-order valence-corrected chi connectivity index (χ1v) is 10.5. The van der Waals surface area contributed by atoms with Gasteiger partial charge in [0.1, 0.15) is 22.9 Å². The second-order valence-corrected chi connectivity index (χ2v) is 7.94. The summed E-state index contributed by atoms with van der Waals surface area (Å²) in [5.41, 5.74) is 9.81. The Balaban J connectivity index is 1.35. The van der Waals surface area contributed by atoms with Gasteiger partial charge >= 0.3 is 0 Å². The fourth-order valence-corrected chi connectivity index (χ4v) is 4.51. The molecular weight excluding hydrogens is 408 g/mol. The van der Waals surface area contributed by atoms with Gasteiger partial charge in [-0.25, -0.2) is 9.97 Å². The molecule has 0 bridgehead atoms. The highest BCUT2D eigenvalue weighted by atomic mass is 16.5. The van der Waals surface area contributed by atoms with E-state index in [4.69, 9.17) is 15.2 Å². The molecule has 1 fully saturated rings. The quantitative estimate of drug-likeness (QED) is 0.452. The summed E-state index contributed by atoms with van der Waals surface area (Å²) in [5, 5.41) is 4.77. The highest BCUT2D eigenvalue weighted by Gasteiger charge is 2.30. The number of hydrogen-bond donors (Lipinski definition) is 2. The van der Waals surface area contributed by atoms with Gasteiger partial charge in [-0.05, 0) is 25.0 Å². The molecule has 32 heavy (non-hydrogen) atoms. The van der Waals surface area contributed by atoms with Crippen molar-refractivity contribution in [2.75, 3.05) is 18.8 Å². The number of amides is 1. The predicted molar refractivity (Wildman–Crippen MR) is 117 cm³/mol. The fraction of sp³-hybridized carbons (Fsp3) is 0.227. The number of nitrogens with two attached hydrogens (primary N) is 1. The summed E-state index contributed by atoms with van der Waals surface area (Å²) in [6.45, 7) is 1.19. The lowest BCUT2D eigenvalue weighted by Crippen LogP contribution is -2.38. The van der Waals surface area contributed by atoms with E-state index in [1.54, 1.807) is 11.1 Å². The molecule has 1 aliphatic rings. The van der Waals surface area contributed by atoms with Crippen LogP contribution in [0.2, 0.25) is 0 Å². The molecule has 0 atom stereocenters. The Labute approximate surface area is 182 Å². The first kappa shape index (κ1) is 18.6. The number of para-hydroxylation sites is 1. The number of nitrogens with one attached hydrogen (secondary N) is 1. The van der Waals surface area contributed by atoms with Crippen molar-refractivity contribution in [3.63, 3.8) is 0 Å². The summed E-state index contributed by atoms with van der Waals surface area (Å²) in [5.74, 6) is 1.42. The van der Waals surface area contributed by atoms with Crippen LogP contribution in [0.3, 0.4) is 0 Å². The summed E-state index contributed by atoms with van der Waals surface area (Å²) < 4.78 is 6.73. The van der Waals surface area contributed by atoms with Crippen molar-refractivity contribution in [2.45, 2.75) is 18.8 Å². The van der Waals surface area contributed by atoms with Crippen molar-refractivity contribution < 1.29 is 9.32 Å². The fourth-order valence-electron chi connectivity index (χ4n) is 4.51. The van der Waals surface area contributed by atoms with Crippen LogP contribution in [0.1, 0.15) is 35.2 Å². The number of nitrogen functional groups attached to an aromatic ring is 1. The lowest BCUT2D eigenvalue weighted by molar-refractivity contribution is 0.0695. The average molecular weight is 428 g/mol. The van der Waals surface area contributed by atoms with Gasteiger partial charge in [0, 0.05) is 42.3 Å². The van der Waals surface area contributed by atoms with Gasteiger partial charge in [0.25, 0.3) is 11.7 Å². The van der Waals surface area contributed by atoms with Gasteiger partial charge in [0.2, 0.25) is 6.39 Å². The van der Waals surface area contributed by atoms with Crippen LogP contribution in [0.25, 0.3) is 27.8 Å². The maximum atomic E-state index is 12.5. The van der Waals surface area contributed by atoms with Gasteiger partial charge in [-0.2, -0.15) is 4.98 Å². The highest BCUT2D eigenvalue weighted by molar-refractivity contribution is 5.91. The largest absolute Gasteiger partial charge is 0.382 e. The Kier molecular flexibility index (Phi) is 4.17. The van der Waals surface area contributed by atoms with Gasteiger partial charge in [0.05, 0.1) is 5.69 Å². The number of benzene rings is 1. The second kappa shape index (κ2) is 7.19. The van der Waals surface area contributed by atoms with Gasteiger partial charge < -0.3 is 20.1 Å². The van der Waals surface area contributed by atoms with Crippen LogP contribution < -0.4 is 5.73 Å². The summed E-state index contributed by atoms with van der Waals surface area (Å²) in [6.07, 6.45) is 6.31. The average Bonchev–Trinajstić information content (AvgIpc) is 3.57. The smallest absolute Gasteiger partial charge is 0.295 e. The van der Waals surface area contributed by atoms with Crippen LogP contribution in [-0.2, 0) is 0 Å². The lowest BCUT2D eigenvalue weighted by Gasteiger charge is -2.30. The third-order valence-corrected chi connectivity index (χ3v) is 6.10. The molecule has 4 aromatic heterocycles. The molecular formula is C22H20N8O2. The van der Waals surface area contributed by atoms with Gasteiger partial charge in [-0.15, -0.1) is 0 Å². The zero-order valence-corrected chi connectivity index (χ0v) is 17.1. The second-order valence-electron chi connectivity index (χ2n) is 7.94. The summed E-state index contributed by atoms with van der Waals surface area (Å²) >= 11 is 0. The summed E-state index contributed by atoms with van der Waals surface area (Å²) in [4.78, 5) is 30.9. The summed E-state index contributed by atoms with van der Waals surface area (Å²) in [7, 11) is 0. The molecule has 6 rings (SSSR count). The molecule has 1 amide bonds. The molecule has 0 aliphatic carbocycles. The van der Waals surface area contributed by atoms with Gasteiger partial charge in [0.15, 0.2) is 0 Å². The zero-order chi connectivity index (χ0) is 21.7. The molecule has 0 saturated carbocycles. The normalized spacial score (nSPS) is 15.1. The zero-order valence-electron chi connectivity index (χ0n) is 17.1. The van der Waals surface area contributed by atoms with E-state index in [0.717, 1.165) is 46.5 Å². The molecule has 160 valence electrons. The first-order valence-electron chi connectivity index (χ1n) is 10.5. The molecule has 10 heteroatoms. The number of likely N-dealkylation sites (tertiary alicyclic amines) is 1. The van der Waals surface area contributed by atoms with E-state index in [1.165, 1.54) is 6.39 Å². The standard InChI is InChI=1S/C22H20N8O2/c23-19-18-17(16-11-14-3-1-2-4-15(14)26-16)27-21(30(18)10-7-24-19)13-5-8-29(9-6-13)22(31)20-25-12-32-28-20/h1-4,7,10-13,26H,5-6,8-9H2,(H2,23,24). The Morgan fingerprint density at radius 1 is 1.19 bits per heavy atom. The minimum absolute atomic E-state index is 0.0923. The Bertz CT molecular complexity index is 1390. The number of hydrogen-bond acceptors (Lipinski definition) is 7. The number of carbonyl (C=O) groups is 1. The number of H-pyrrole nitrogens is 1. The number of piperidine rings is 1. The summed E-state index contributed by atoms with van der Waals surface area (Å²) in [6, 6.07) is 10.2. The molecule has 1 saturated heterocycles. The van der Waals surface area contributed by atoms with Crippen LogP contribution in [0.4, 0.5) is 5.82 Å². The van der Waals surface area contributed by atoms with Crippen molar-refractivity contribution >= 4 is 28.1 Å².